The predicted octanol–water partition coefficient (Wildman–Crippen LogP) is 0.523. The fourth-order valence-electron chi connectivity index (χ4n) is 1.68. The summed E-state index contributed by atoms with van der Waals surface area (Å²) in [5.74, 6) is 1.03. The SMILES string of the molecule is CN1CCSC1=C1C(=O)N(C)C(=S)N1C. The van der Waals surface area contributed by atoms with Gasteiger partial charge in [-0.3, -0.25) is 9.69 Å². The van der Waals surface area contributed by atoms with Crippen LogP contribution in [0.4, 0.5) is 0 Å². The van der Waals surface area contributed by atoms with Crippen LogP contribution in [0.5, 0.6) is 0 Å². The quantitative estimate of drug-likeness (QED) is 0.457. The van der Waals surface area contributed by atoms with Crippen LogP contribution in [0, 0.1) is 0 Å². The van der Waals surface area contributed by atoms with Crippen LogP contribution in [0.2, 0.25) is 0 Å². The lowest BCUT2D eigenvalue weighted by Gasteiger charge is -2.17. The summed E-state index contributed by atoms with van der Waals surface area (Å²) in [6.07, 6.45) is 0. The molecule has 6 heteroatoms. The topological polar surface area (TPSA) is 26.8 Å². The van der Waals surface area contributed by atoms with Crippen molar-refractivity contribution in [3.05, 3.63) is 10.7 Å². The minimum Gasteiger partial charge on any atom is -0.367 e. The normalized spacial score (nSPS) is 27.3. The Morgan fingerprint density at radius 3 is 2.33 bits per heavy atom. The number of likely N-dealkylation sites (N-methyl/N-ethyl adjacent to an activating group) is 2. The third kappa shape index (κ3) is 1.52. The van der Waals surface area contributed by atoms with Crippen LogP contribution in [0.3, 0.4) is 0 Å². The molecule has 0 aromatic carbocycles. The standard InChI is InChI=1S/C9H13N3OS2/c1-10-4-5-15-8(10)6-7(13)12(3)9(14)11(6)2/h4-5H2,1-3H3. The number of thioether (sulfide) groups is 1. The van der Waals surface area contributed by atoms with E-state index in [1.165, 1.54) is 4.90 Å². The summed E-state index contributed by atoms with van der Waals surface area (Å²) in [6.45, 7) is 0.987. The van der Waals surface area contributed by atoms with Gasteiger partial charge in [-0.1, -0.05) is 0 Å². The van der Waals surface area contributed by atoms with Crippen LogP contribution >= 0.6 is 24.0 Å². The minimum absolute atomic E-state index is 0.00116. The van der Waals surface area contributed by atoms with Crippen molar-refractivity contribution >= 4 is 35.0 Å². The molecule has 15 heavy (non-hydrogen) atoms. The first-order valence-corrected chi connectivity index (χ1v) is 6.07. The lowest BCUT2D eigenvalue weighted by molar-refractivity contribution is -0.121. The molecule has 0 unspecified atom stereocenters. The van der Waals surface area contributed by atoms with Crippen molar-refractivity contribution in [1.82, 2.24) is 14.7 Å². The first-order chi connectivity index (χ1) is 7.04. The Morgan fingerprint density at radius 2 is 1.93 bits per heavy atom. The molecular weight excluding hydrogens is 230 g/mol. The highest BCUT2D eigenvalue weighted by Crippen LogP contribution is 2.33. The number of thiocarbonyl (C=S) groups is 1. The van der Waals surface area contributed by atoms with Gasteiger partial charge in [-0.15, -0.1) is 11.8 Å². The second-order valence-electron chi connectivity index (χ2n) is 3.63. The maximum absolute atomic E-state index is 12.0. The van der Waals surface area contributed by atoms with E-state index in [9.17, 15) is 4.79 Å². The zero-order chi connectivity index (χ0) is 11.2. The molecule has 0 aromatic heterocycles. The molecule has 0 bridgehead atoms. The smallest absolute Gasteiger partial charge is 0.279 e. The Labute approximate surface area is 98.9 Å². The predicted molar refractivity (Wildman–Crippen MR) is 65.2 cm³/mol. The summed E-state index contributed by atoms with van der Waals surface area (Å²) >= 11 is 6.88. The number of hydrogen-bond acceptors (Lipinski definition) is 4. The summed E-state index contributed by atoms with van der Waals surface area (Å²) in [4.78, 5) is 17.4. The molecule has 0 N–H and O–H groups in total. The van der Waals surface area contributed by atoms with Crippen molar-refractivity contribution < 1.29 is 4.79 Å². The molecule has 2 fully saturated rings. The zero-order valence-corrected chi connectivity index (χ0v) is 10.6. The molecule has 2 aliphatic rings. The molecule has 2 rings (SSSR count). The van der Waals surface area contributed by atoms with E-state index in [4.69, 9.17) is 12.2 Å². The number of nitrogens with zero attached hydrogens (tertiary/aromatic N) is 3. The van der Waals surface area contributed by atoms with Gasteiger partial charge in [0.05, 0.1) is 0 Å². The summed E-state index contributed by atoms with van der Waals surface area (Å²) in [5.41, 5.74) is 0.715. The molecule has 82 valence electrons. The third-order valence-electron chi connectivity index (χ3n) is 2.63. The molecule has 1 amide bonds. The van der Waals surface area contributed by atoms with Gasteiger partial charge in [0.2, 0.25) is 0 Å². The molecular formula is C9H13N3OS2. The van der Waals surface area contributed by atoms with Crippen LogP contribution in [-0.2, 0) is 4.79 Å². The maximum Gasteiger partial charge on any atom is 0.279 e. The maximum atomic E-state index is 12.0. The van der Waals surface area contributed by atoms with Crippen molar-refractivity contribution in [2.45, 2.75) is 0 Å². The van der Waals surface area contributed by atoms with Gasteiger partial charge in [-0.2, -0.15) is 0 Å². The Morgan fingerprint density at radius 1 is 1.27 bits per heavy atom. The summed E-state index contributed by atoms with van der Waals surface area (Å²) in [5, 5.41) is 1.61. The van der Waals surface area contributed by atoms with Gasteiger partial charge in [0.1, 0.15) is 10.7 Å². The molecule has 4 nitrogen and oxygen atoms in total. The van der Waals surface area contributed by atoms with Crippen LogP contribution < -0.4 is 0 Å². The Bertz CT molecular complexity index is 366. The van der Waals surface area contributed by atoms with Crippen molar-refractivity contribution in [1.29, 1.82) is 0 Å². The van der Waals surface area contributed by atoms with E-state index in [2.05, 4.69) is 4.90 Å². The summed E-state index contributed by atoms with van der Waals surface area (Å²) in [6, 6.07) is 0. The third-order valence-corrected chi connectivity index (χ3v) is 4.34. The van der Waals surface area contributed by atoms with E-state index in [0.29, 0.717) is 10.8 Å². The monoisotopic (exact) mass is 243 g/mol. The van der Waals surface area contributed by atoms with E-state index in [-0.39, 0.29) is 5.91 Å². The van der Waals surface area contributed by atoms with Crippen LogP contribution in [0.15, 0.2) is 10.7 Å². The molecule has 2 aliphatic heterocycles. The lowest BCUT2D eigenvalue weighted by Crippen LogP contribution is -2.26. The number of rotatable bonds is 0. The number of amides is 1. The van der Waals surface area contributed by atoms with Crippen LogP contribution in [0.1, 0.15) is 0 Å². The van der Waals surface area contributed by atoms with Crippen LogP contribution in [-0.4, -0.2) is 59.2 Å². The van der Waals surface area contributed by atoms with Crippen molar-refractivity contribution in [2.75, 3.05) is 33.4 Å². The average Bonchev–Trinajstić information content (AvgIpc) is 2.68. The summed E-state index contributed by atoms with van der Waals surface area (Å²) in [7, 11) is 5.57. The first kappa shape index (κ1) is 10.8. The van der Waals surface area contributed by atoms with Crippen molar-refractivity contribution in [2.24, 2.45) is 0 Å². The fraction of sp³-hybridized carbons (Fsp3) is 0.556. The van der Waals surface area contributed by atoms with Gasteiger partial charge < -0.3 is 9.80 Å². The molecule has 0 saturated carbocycles. The molecule has 0 atom stereocenters. The van der Waals surface area contributed by atoms with E-state index in [1.54, 1.807) is 23.7 Å². The highest BCUT2D eigenvalue weighted by molar-refractivity contribution is 8.03. The molecule has 2 heterocycles. The van der Waals surface area contributed by atoms with E-state index in [1.807, 2.05) is 14.1 Å². The Kier molecular flexibility index (Phi) is 2.64. The highest BCUT2D eigenvalue weighted by atomic mass is 32.2. The largest absolute Gasteiger partial charge is 0.367 e. The van der Waals surface area contributed by atoms with Crippen molar-refractivity contribution in [3.63, 3.8) is 0 Å². The molecule has 0 aliphatic carbocycles. The molecule has 0 spiro atoms. The van der Waals surface area contributed by atoms with Gasteiger partial charge >= 0.3 is 0 Å². The van der Waals surface area contributed by atoms with Crippen molar-refractivity contribution in [3.8, 4) is 0 Å². The first-order valence-electron chi connectivity index (χ1n) is 4.68. The number of carbonyl (C=O) groups excluding carboxylic acids is 1. The second kappa shape index (κ2) is 3.68. The van der Waals surface area contributed by atoms with Gasteiger partial charge in [-0.05, 0) is 12.2 Å². The lowest BCUT2D eigenvalue weighted by atomic mass is 10.4. The fourth-order valence-corrected chi connectivity index (χ4v) is 3.09. The minimum atomic E-state index is -0.00116. The van der Waals surface area contributed by atoms with Gasteiger partial charge in [0.25, 0.3) is 5.91 Å². The van der Waals surface area contributed by atoms with E-state index >= 15 is 0 Å². The Hall–Kier alpha value is -0.750. The zero-order valence-electron chi connectivity index (χ0n) is 8.98. The average molecular weight is 243 g/mol. The Balaban J connectivity index is 2.45. The van der Waals surface area contributed by atoms with Gasteiger partial charge in [0.15, 0.2) is 5.11 Å². The number of hydrogen-bond donors (Lipinski definition) is 0. The number of carbonyl (C=O) groups is 1. The molecule has 0 radical (unpaired) electrons. The second-order valence-corrected chi connectivity index (χ2v) is 5.08. The highest BCUT2D eigenvalue weighted by Gasteiger charge is 2.37. The molecule has 2 saturated heterocycles. The van der Waals surface area contributed by atoms with Gasteiger partial charge in [0, 0.05) is 33.4 Å². The van der Waals surface area contributed by atoms with Gasteiger partial charge in [-0.25, -0.2) is 0 Å². The van der Waals surface area contributed by atoms with E-state index in [0.717, 1.165) is 17.3 Å². The van der Waals surface area contributed by atoms with E-state index < -0.39 is 0 Å². The molecule has 0 aromatic rings. The summed E-state index contributed by atoms with van der Waals surface area (Å²) < 4.78 is 0. The van der Waals surface area contributed by atoms with Crippen LogP contribution in [0.25, 0.3) is 0 Å².